The first-order valence-corrected chi connectivity index (χ1v) is 13.1. The zero-order valence-corrected chi connectivity index (χ0v) is 20.3. The van der Waals surface area contributed by atoms with E-state index in [4.69, 9.17) is 5.73 Å². The minimum Gasteiger partial charge on any atom is -0.399 e. The molecule has 0 aliphatic rings. The standard InChI is InChI=1S/C23H19N5O6S2/c1-14-12-15(24)6-9-19(14)25-26-20-10-11-21(18-13-16(35(29,30)31)7-8-17(18)20)27-28-22-4-2-3-5-23(22)36(32,33)34/h2-13H,24H2,1H3,(H,29,30,31)(H,32,33,34). The molecule has 0 aliphatic carbocycles. The highest BCUT2D eigenvalue weighted by atomic mass is 32.2. The van der Waals surface area contributed by atoms with Crippen molar-refractivity contribution < 1.29 is 25.9 Å². The van der Waals surface area contributed by atoms with Gasteiger partial charge in [0.05, 0.1) is 22.0 Å². The summed E-state index contributed by atoms with van der Waals surface area (Å²) in [5.74, 6) is 0. The molecule has 0 saturated heterocycles. The minimum absolute atomic E-state index is 0.123. The van der Waals surface area contributed by atoms with Gasteiger partial charge in [0.2, 0.25) is 0 Å². The summed E-state index contributed by atoms with van der Waals surface area (Å²) in [4.78, 5) is -0.825. The fraction of sp³-hybridized carbons (Fsp3) is 0.0435. The van der Waals surface area contributed by atoms with Gasteiger partial charge in [-0.15, -0.1) is 15.3 Å². The van der Waals surface area contributed by atoms with Gasteiger partial charge < -0.3 is 5.73 Å². The highest BCUT2D eigenvalue weighted by molar-refractivity contribution is 7.86. The molecule has 4 N–H and O–H groups in total. The van der Waals surface area contributed by atoms with E-state index in [1.807, 2.05) is 6.92 Å². The molecule has 0 spiro atoms. The van der Waals surface area contributed by atoms with E-state index in [9.17, 15) is 25.9 Å². The van der Waals surface area contributed by atoms with E-state index in [2.05, 4.69) is 20.5 Å². The Labute approximate surface area is 206 Å². The van der Waals surface area contributed by atoms with Crippen LogP contribution in [-0.4, -0.2) is 25.9 Å². The van der Waals surface area contributed by atoms with Gasteiger partial charge in [0.1, 0.15) is 10.6 Å². The fourth-order valence-corrected chi connectivity index (χ4v) is 4.53. The van der Waals surface area contributed by atoms with Crippen LogP contribution in [-0.2, 0) is 20.2 Å². The second kappa shape index (κ2) is 9.54. The third kappa shape index (κ3) is 5.44. The Kier molecular flexibility index (Phi) is 6.65. The van der Waals surface area contributed by atoms with E-state index >= 15 is 0 Å². The van der Waals surface area contributed by atoms with Crippen molar-refractivity contribution in [2.45, 2.75) is 16.7 Å². The smallest absolute Gasteiger partial charge is 0.296 e. The number of hydrogen-bond donors (Lipinski definition) is 3. The molecule has 4 aromatic rings. The van der Waals surface area contributed by atoms with E-state index in [1.54, 1.807) is 24.3 Å². The molecule has 0 fully saturated rings. The van der Waals surface area contributed by atoms with Crippen molar-refractivity contribution in [1.29, 1.82) is 0 Å². The van der Waals surface area contributed by atoms with Crippen LogP contribution in [0.25, 0.3) is 10.8 Å². The number of fused-ring (bicyclic) bond motifs is 1. The number of nitrogens with zero attached hydrogens (tertiary/aromatic N) is 4. The van der Waals surface area contributed by atoms with Gasteiger partial charge >= 0.3 is 0 Å². The lowest BCUT2D eigenvalue weighted by molar-refractivity contribution is 0.481. The van der Waals surface area contributed by atoms with Gasteiger partial charge in [-0.3, -0.25) is 9.11 Å². The van der Waals surface area contributed by atoms with E-state index in [1.165, 1.54) is 48.5 Å². The van der Waals surface area contributed by atoms with Crippen molar-refractivity contribution in [3.05, 3.63) is 78.4 Å². The summed E-state index contributed by atoms with van der Waals surface area (Å²) < 4.78 is 65.7. The first-order valence-electron chi connectivity index (χ1n) is 10.2. The van der Waals surface area contributed by atoms with Gasteiger partial charge in [-0.2, -0.15) is 21.9 Å². The maximum atomic E-state index is 11.7. The Morgan fingerprint density at radius 2 is 1.22 bits per heavy atom. The molecule has 4 aromatic carbocycles. The molecule has 13 heteroatoms. The lowest BCUT2D eigenvalue weighted by Gasteiger charge is -2.07. The van der Waals surface area contributed by atoms with Crippen molar-refractivity contribution in [3.8, 4) is 0 Å². The molecule has 4 rings (SSSR count). The second-order valence-electron chi connectivity index (χ2n) is 7.67. The van der Waals surface area contributed by atoms with Crippen LogP contribution in [0.3, 0.4) is 0 Å². The molecule has 0 aliphatic heterocycles. The van der Waals surface area contributed by atoms with Gasteiger partial charge in [0, 0.05) is 16.5 Å². The Bertz CT molecular complexity index is 1770. The van der Waals surface area contributed by atoms with Crippen molar-refractivity contribution in [2.75, 3.05) is 5.73 Å². The van der Waals surface area contributed by atoms with Crippen molar-refractivity contribution in [1.82, 2.24) is 0 Å². The van der Waals surface area contributed by atoms with E-state index < -0.39 is 25.1 Å². The molecule has 0 atom stereocenters. The average molecular weight is 526 g/mol. The maximum Gasteiger partial charge on any atom is 0.296 e. The monoisotopic (exact) mass is 525 g/mol. The first-order chi connectivity index (χ1) is 16.9. The summed E-state index contributed by atoms with van der Waals surface area (Å²) in [5, 5.41) is 17.2. The first kappa shape index (κ1) is 25.1. The molecule has 0 saturated carbocycles. The summed E-state index contributed by atoms with van der Waals surface area (Å²) in [6.07, 6.45) is 0. The summed E-state index contributed by atoms with van der Waals surface area (Å²) in [6, 6.07) is 17.5. The second-order valence-corrected chi connectivity index (χ2v) is 10.5. The van der Waals surface area contributed by atoms with Crippen LogP contribution in [0.2, 0.25) is 0 Å². The molecule has 0 amide bonds. The largest absolute Gasteiger partial charge is 0.399 e. The highest BCUT2D eigenvalue weighted by Gasteiger charge is 2.16. The van der Waals surface area contributed by atoms with E-state index in [0.717, 1.165) is 5.56 Å². The molecular weight excluding hydrogens is 506 g/mol. The van der Waals surface area contributed by atoms with Crippen LogP contribution in [0, 0.1) is 6.92 Å². The van der Waals surface area contributed by atoms with Crippen LogP contribution < -0.4 is 5.73 Å². The van der Waals surface area contributed by atoms with Crippen LogP contribution in [0.4, 0.5) is 28.4 Å². The molecule has 184 valence electrons. The lowest BCUT2D eigenvalue weighted by Crippen LogP contribution is -1.97. The summed E-state index contributed by atoms with van der Waals surface area (Å²) in [7, 11) is -9.09. The summed E-state index contributed by atoms with van der Waals surface area (Å²) in [6.45, 7) is 1.83. The zero-order valence-electron chi connectivity index (χ0n) is 18.6. The Morgan fingerprint density at radius 1 is 0.639 bits per heavy atom. The van der Waals surface area contributed by atoms with Crippen LogP contribution >= 0.6 is 0 Å². The molecule has 0 bridgehead atoms. The van der Waals surface area contributed by atoms with Gasteiger partial charge in [-0.05, 0) is 67.1 Å². The maximum absolute atomic E-state index is 11.7. The van der Waals surface area contributed by atoms with E-state index in [0.29, 0.717) is 22.4 Å². The third-order valence-electron chi connectivity index (χ3n) is 5.13. The highest BCUT2D eigenvalue weighted by Crippen LogP contribution is 2.37. The van der Waals surface area contributed by atoms with Crippen molar-refractivity contribution >= 4 is 59.4 Å². The lowest BCUT2D eigenvalue weighted by atomic mass is 10.1. The van der Waals surface area contributed by atoms with Crippen LogP contribution in [0.15, 0.2) is 103 Å². The van der Waals surface area contributed by atoms with Gasteiger partial charge in [-0.1, -0.05) is 18.2 Å². The summed E-state index contributed by atoms with van der Waals surface area (Å²) >= 11 is 0. The Hall–Kier alpha value is -4.04. The number of rotatable bonds is 6. The van der Waals surface area contributed by atoms with Gasteiger partial charge in [0.25, 0.3) is 20.2 Å². The SMILES string of the molecule is Cc1cc(N)ccc1N=Nc1ccc(N=Nc2ccccc2S(=O)(=O)O)c2cc(S(=O)(=O)O)ccc12. The van der Waals surface area contributed by atoms with Crippen molar-refractivity contribution in [3.63, 3.8) is 0 Å². The predicted octanol–water partition coefficient (Wildman–Crippen LogP) is 6.05. The van der Waals surface area contributed by atoms with E-state index in [-0.39, 0.29) is 21.7 Å². The predicted molar refractivity (Wildman–Crippen MR) is 134 cm³/mol. The van der Waals surface area contributed by atoms with Gasteiger partial charge in [-0.25, -0.2) is 0 Å². The molecule has 0 aromatic heterocycles. The number of benzene rings is 4. The molecule has 11 nitrogen and oxygen atoms in total. The topological polar surface area (TPSA) is 184 Å². The van der Waals surface area contributed by atoms with Crippen LogP contribution in [0.1, 0.15) is 5.56 Å². The average Bonchev–Trinajstić information content (AvgIpc) is 2.81. The number of nitrogen functional groups attached to an aromatic ring is 1. The number of aryl methyl sites for hydroxylation is 1. The fourth-order valence-electron chi connectivity index (χ4n) is 3.40. The molecule has 0 heterocycles. The Balaban J connectivity index is 1.86. The minimum atomic E-state index is -4.55. The number of azo groups is 2. The number of hydrogen-bond acceptors (Lipinski definition) is 9. The quantitative estimate of drug-likeness (QED) is 0.155. The third-order valence-corrected chi connectivity index (χ3v) is 6.89. The molecule has 0 radical (unpaired) electrons. The molecule has 36 heavy (non-hydrogen) atoms. The normalized spacial score (nSPS) is 12.6. The van der Waals surface area contributed by atoms with Gasteiger partial charge in [0.15, 0.2) is 0 Å². The zero-order chi connectivity index (χ0) is 26.1. The van der Waals surface area contributed by atoms with Crippen LogP contribution in [0.5, 0.6) is 0 Å². The Morgan fingerprint density at radius 3 is 1.86 bits per heavy atom. The molecular formula is C23H19N5O6S2. The number of anilines is 1. The molecule has 0 unspecified atom stereocenters. The van der Waals surface area contributed by atoms with Crippen molar-refractivity contribution in [2.24, 2.45) is 20.5 Å². The number of nitrogens with two attached hydrogens (primary N) is 1. The summed E-state index contributed by atoms with van der Waals surface area (Å²) in [5.41, 5.74) is 8.15.